The van der Waals surface area contributed by atoms with Gasteiger partial charge >= 0.3 is 11.9 Å². The van der Waals surface area contributed by atoms with Gasteiger partial charge < -0.3 is 15.4 Å². The first-order valence-electron chi connectivity index (χ1n) is 17.7. The molecule has 2 atom stereocenters. The number of rotatable bonds is 6. The highest BCUT2D eigenvalue weighted by Crippen LogP contribution is 2.47. The van der Waals surface area contributed by atoms with Gasteiger partial charge in [0.25, 0.3) is 5.56 Å². The SMILES string of the molecule is COc1nc(-c2cccc(-c3cccc(Nc4nc(C(F)(F)F)cc5c4c(=O)n(C)c(=O)n5C)c3C)c2Cl)cc2c1[C@H](N1CC[C@@]3(CCC(=O)N3)C1)CC2. The number of hydrogen-bond acceptors (Lipinski definition) is 8. The van der Waals surface area contributed by atoms with E-state index in [-0.39, 0.29) is 34.2 Å². The van der Waals surface area contributed by atoms with Crippen molar-refractivity contribution in [1.82, 2.24) is 29.3 Å². The van der Waals surface area contributed by atoms with Gasteiger partial charge in [-0.05, 0) is 67.5 Å². The van der Waals surface area contributed by atoms with E-state index in [1.54, 1.807) is 26.2 Å². The van der Waals surface area contributed by atoms with Crippen LogP contribution in [0.4, 0.5) is 24.7 Å². The Morgan fingerprint density at radius 2 is 1.72 bits per heavy atom. The summed E-state index contributed by atoms with van der Waals surface area (Å²) >= 11 is 7.18. The zero-order chi connectivity index (χ0) is 38.3. The van der Waals surface area contributed by atoms with Gasteiger partial charge in [-0.1, -0.05) is 41.9 Å². The number of pyridine rings is 2. The first-order valence-corrected chi connectivity index (χ1v) is 18.0. The summed E-state index contributed by atoms with van der Waals surface area (Å²) in [4.78, 5) is 49.2. The molecule has 0 radical (unpaired) electrons. The van der Waals surface area contributed by atoms with Crippen LogP contribution in [-0.2, 0) is 31.5 Å². The summed E-state index contributed by atoms with van der Waals surface area (Å²) in [6.07, 6.45) is -0.757. The average Bonchev–Trinajstić information content (AvgIpc) is 3.87. The molecule has 280 valence electrons. The predicted octanol–water partition coefficient (Wildman–Crippen LogP) is 6.44. The molecule has 5 aromatic rings. The Morgan fingerprint density at radius 3 is 2.44 bits per heavy atom. The fourth-order valence-electron chi connectivity index (χ4n) is 8.44. The average molecular weight is 760 g/mol. The molecule has 1 aliphatic carbocycles. The lowest BCUT2D eigenvalue weighted by Crippen LogP contribution is -2.44. The highest BCUT2D eigenvalue weighted by molar-refractivity contribution is 6.36. The van der Waals surface area contributed by atoms with E-state index in [1.807, 2.05) is 24.3 Å². The van der Waals surface area contributed by atoms with Gasteiger partial charge in [-0.2, -0.15) is 13.2 Å². The van der Waals surface area contributed by atoms with Gasteiger partial charge in [-0.15, -0.1) is 0 Å². The highest BCUT2D eigenvalue weighted by Gasteiger charge is 2.46. The molecule has 0 bridgehead atoms. The van der Waals surface area contributed by atoms with Gasteiger partial charge in [0.1, 0.15) is 16.9 Å². The van der Waals surface area contributed by atoms with Crippen molar-refractivity contribution in [2.75, 3.05) is 25.5 Å². The molecule has 11 nitrogen and oxygen atoms in total. The lowest BCUT2D eigenvalue weighted by molar-refractivity contribution is -0.141. The number of fused-ring (bicyclic) bond motifs is 2. The zero-order valence-corrected chi connectivity index (χ0v) is 30.8. The Labute approximate surface area is 312 Å². The Hall–Kier alpha value is -5.21. The molecule has 54 heavy (non-hydrogen) atoms. The molecule has 1 spiro atoms. The normalized spacial score (nSPS) is 19.9. The molecule has 2 aromatic carbocycles. The van der Waals surface area contributed by atoms with Crippen molar-refractivity contribution in [3.05, 3.63) is 96.8 Å². The van der Waals surface area contributed by atoms with E-state index in [0.29, 0.717) is 57.0 Å². The number of likely N-dealkylation sites (tertiary alicyclic amines) is 1. The maximum Gasteiger partial charge on any atom is 0.433 e. The number of nitrogens with one attached hydrogen (secondary N) is 2. The maximum absolute atomic E-state index is 14.0. The highest BCUT2D eigenvalue weighted by atomic mass is 35.5. The quantitative estimate of drug-likeness (QED) is 0.203. The van der Waals surface area contributed by atoms with Crippen LogP contribution in [0.2, 0.25) is 5.02 Å². The van der Waals surface area contributed by atoms with Crippen molar-refractivity contribution in [1.29, 1.82) is 0 Å². The summed E-state index contributed by atoms with van der Waals surface area (Å²) in [5.41, 5.74) is 2.75. The largest absolute Gasteiger partial charge is 0.481 e. The number of methoxy groups -OCH3 is 1. The maximum atomic E-state index is 14.0. The van der Waals surface area contributed by atoms with Crippen LogP contribution in [0, 0.1) is 6.92 Å². The van der Waals surface area contributed by atoms with Crippen LogP contribution >= 0.6 is 11.6 Å². The Morgan fingerprint density at radius 1 is 0.981 bits per heavy atom. The summed E-state index contributed by atoms with van der Waals surface area (Å²) in [6, 6.07) is 13.8. The minimum atomic E-state index is -4.84. The lowest BCUT2D eigenvalue weighted by atomic mass is 9.96. The van der Waals surface area contributed by atoms with Crippen molar-refractivity contribution >= 4 is 39.9 Å². The van der Waals surface area contributed by atoms with E-state index >= 15 is 0 Å². The smallest absolute Gasteiger partial charge is 0.433 e. The summed E-state index contributed by atoms with van der Waals surface area (Å²) in [6.45, 7) is 3.47. The summed E-state index contributed by atoms with van der Waals surface area (Å²) in [5, 5.41) is 6.45. The van der Waals surface area contributed by atoms with Crippen LogP contribution in [-0.4, -0.2) is 55.6 Å². The van der Waals surface area contributed by atoms with Crippen LogP contribution in [0.5, 0.6) is 5.88 Å². The molecule has 8 rings (SSSR count). The number of carbonyl (C=O) groups is 1. The minimum Gasteiger partial charge on any atom is -0.481 e. The van der Waals surface area contributed by atoms with Gasteiger partial charge in [-0.25, -0.2) is 14.8 Å². The number of alkyl halides is 3. The first-order chi connectivity index (χ1) is 25.7. The first kappa shape index (κ1) is 35.8. The van der Waals surface area contributed by atoms with Crippen molar-refractivity contribution in [3.8, 4) is 28.3 Å². The van der Waals surface area contributed by atoms with Crippen molar-refractivity contribution in [3.63, 3.8) is 0 Å². The van der Waals surface area contributed by atoms with E-state index in [0.717, 1.165) is 59.0 Å². The second-order valence-corrected chi connectivity index (χ2v) is 14.8. The number of ether oxygens (including phenoxy) is 1. The van der Waals surface area contributed by atoms with E-state index in [4.69, 9.17) is 21.3 Å². The molecule has 3 aliphatic rings. The fourth-order valence-corrected chi connectivity index (χ4v) is 8.77. The molecule has 5 heterocycles. The van der Waals surface area contributed by atoms with E-state index in [2.05, 4.69) is 26.6 Å². The number of halogens is 4. The molecule has 3 aromatic heterocycles. The predicted molar refractivity (Wildman–Crippen MR) is 199 cm³/mol. The Balaban J connectivity index is 1.15. The molecular weight excluding hydrogens is 723 g/mol. The van der Waals surface area contributed by atoms with E-state index in [1.165, 1.54) is 14.1 Å². The Kier molecular flexibility index (Phi) is 8.60. The van der Waals surface area contributed by atoms with Gasteiger partial charge in [0, 0.05) is 62.0 Å². The summed E-state index contributed by atoms with van der Waals surface area (Å²) < 4.78 is 49.8. The molecule has 15 heteroatoms. The molecule has 1 amide bonds. The Bertz CT molecular complexity index is 2520. The number of nitrogens with zero attached hydrogens (tertiary/aromatic N) is 5. The summed E-state index contributed by atoms with van der Waals surface area (Å²) in [5.74, 6) is 0.322. The molecule has 0 saturated carbocycles. The molecular formula is C39H37ClF3N7O4. The number of carbonyl (C=O) groups excluding carboxylic acids is 1. The molecule has 2 fully saturated rings. The van der Waals surface area contributed by atoms with E-state index < -0.39 is 23.1 Å². The standard InChI is InChI=1S/C39H37ClF3N7O4/c1-20-22(7-6-10-25(20)44-34-32-28(18-29(46-34)39(41,42)43)48(2)37(53)49(3)36(32)52)23-8-5-9-24(33(23)40)26-17-21-11-12-27(31(21)35(45-26)54-4)50-16-15-38(19-50)14-13-30(51)47-38/h5-10,17-18,27H,11-16,19H2,1-4H3,(H,44,46)(H,47,51)/t27-,38+/m1/s1. The monoisotopic (exact) mass is 759 g/mol. The number of hydrogen-bond donors (Lipinski definition) is 2. The number of aromatic nitrogens is 4. The van der Waals surface area contributed by atoms with Gasteiger partial charge in [0.15, 0.2) is 0 Å². The second kappa shape index (κ2) is 13.0. The second-order valence-electron chi connectivity index (χ2n) is 14.4. The lowest BCUT2D eigenvalue weighted by Gasteiger charge is -2.28. The third-order valence-corrected chi connectivity index (χ3v) is 11.7. The molecule has 2 aliphatic heterocycles. The third-order valence-electron chi connectivity index (χ3n) is 11.3. The van der Waals surface area contributed by atoms with Crippen LogP contribution in [0.15, 0.2) is 58.1 Å². The van der Waals surface area contributed by atoms with Gasteiger partial charge in [-0.3, -0.25) is 23.6 Å². The van der Waals surface area contributed by atoms with Crippen molar-refractivity contribution < 1.29 is 22.7 Å². The van der Waals surface area contributed by atoms with Gasteiger partial charge in [0.05, 0.1) is 28.9 Å². The van der Waals surface area contributed by atoms with E-state index in [9.17, 15) is 27.6 Å². The van der Waals surface area contributed by atoms with Crippen LogP contribution in [0.3, 0.4) is 0 Å². The van der Waals surface area contributed by atoms with Crippen molar-refractivity contribution in [2.24, 2.45) is 14.1 Å². The number of benzene rings is 2. The van der Waals surface area contributed by atoms with Crippen LogP contribution in [0.25, 0.3) is 33.3 Å². The number of anilines is 2. The fraction of sp³-hybridized carbons (Fsp3) is 0.359. The summed E-state index contributed by atoms with van der Waals surface area (Å²) in [7, 11) is 4.18. The third kappa shape index (κ3) is 5.82. The number of amides is 1. The molecule has 2 N–H and O–H groups in total. The molecule has 2 saturated heterocycles. The topological polar surface area (TPSA) is 123 Å². The molecule has 0 unspecified atom stereocenters. The van der Waals surface area contributed by atoms with Crippen LogP contribution < -0.4 is 26.6 Å². The number of aryl methyl sites for hydroxylation is 2. The van der Waals surface area contributed by atoms with Crippen molar-refractivity contribution in [2.45, 2.75) is 56.8 Å². The van der Waals surface area contributed by atoms with Gasteiger partial charge in [0.2, 0.25) is 11.8 Å². The van der Waals surface area contributed by atoms with Crippen LogP contribution in [0.1, 0.15) is 54.1 Å². The zero-order valence-electron chi connectivity index (χ0n) is 30.0. The minimum absolute atomic E-state index is 0.118.